The number of nitrogens with zero attached hydrogens (tertiary/aromatic N) is 1. The van der Waals surface area contributed by atoms with Crippen molar-refractivity contribution in [2.75, 3.05) is 7.11 Å². The van der Waals surface area contributed by atoms with Crippen LogP contribution in [0.4, 0.5) is 4.39 Å². The average molecular weight is 289 g/mol. The maximum atomic E-state index is 13.1. The molecule has 4 heteroatoms. The molecule has 2 rings (SSSR count). The Kier molecular flexibility index (Phi) is 4.91. The minimum atomic E-state index is -0.606. The first kappa shape index (κ1) is 15.4. The summed E-state index contributed by atoms with van der Waals surface area (Å²) in [5, 5.41) is 10.2. The number of rotatable bonds is 5. The van der Waals surface area contributed by atoms with Crippen LogP contribution in [0.25, 0.3) is 0 Å². The first-order valence-corrected chi connectivity index (χ1v) is 6.93. The quantitative estimate of drug-likeness (QED) is 0.920. The van der Waals surface area contributed by atoms with E-state index in [9.17, 15) is 9.50 Å². The van der Waals surface area contributed by atoms with E-state index in [2.05, 4.69) is 4.98 Å². The third-order valence-electron chi connectivity index (χ3n) is 3.54. The van der Waals surface area contributed by atoms with Crippen molar-refractivity contribution in [3.63, 3.8) is 0 Å². The number of benzene rings is 1. The van der Waals surface area contributed by atoms with E-state index in [4.69, 9.17) is 4.74 Å². The van der Waals surface area contributed by atoms with E-state index >= 15 is 0 Å². The van der Waals surface area contributed by atoms with E-state index in [1.807, 2.05) is 19.9 Å². The van der Waals surface area contributed by atoms with E-state index in [1.165, 1.54) is 12.1 Å². The number of aromatic nitrogens is 1. The molecular formula is C17H20FNO2. The van der Waals surface area contributed by atoms with Gasteiger partial charge in [-0.2, -0.15) is 0 Å². The number of aliphatic hydroxyl groups is 1. The van der Waals surface area contributed by atoms with Gasteiger partial charge in [0.25, 0.3) is 0 Å². The molecule has 0 bridgehead atoms. The molecular weight excluding hydrogens is 269 g/mol. The highest BCUT2D eigenvalue weighted by Gasteiger charge is 2.14. The van der Waals surface area contributed by atoms with Gasteiger partial charge < -0.3 is 9.84 Å². The second-order valence-electron chi connectivity index (χ2n) is 5.24. The van der Waals surface area contributed by atoms with Crippen molar-refractivity contribution in [2.45, 2.75) is 32.8 Å². The van der Waals surface area contributed by atoms with Crippen LogP contribution in [-0.4, -0.2) is 23.3 Å². The summed E-state index contributed by atoms with van der Waals surface area (Å²) in [4.78, 5) is 4.37. The van der Waals surface area contributed by atoms with Gasteiger partial charge in [0.2, 0.25) is 0 Å². The van der Waals surface area contributed by atoms with Gasteiger partial charge >= 0.3 is 0 Å². The highest BCUT2D eigenvalue weighted by molar-refractivity contribution is 5.41. The molecule has 0 radical (unpaired) electrons. The summed E-state index contributed by atoms with van der Waals surface area (Å²) in [6.07, 6.45) is 1.95. The minimum Gasteiger partial charge on any atom is -0.496 e. The molecule has 1 heterocycles. The Morgan fingerprint density at radius 3 is 2.71 bits per heavy atom. The standard InChI is InChI=1S/C17H20FNO2/c1-11-10-19-16(12(2)17(11)21-3)9-15(20)8-13-5-4-6-14(18)7-13/h4-7,10,15,20H,8-9H2,1-3H3. The molecule has 21 heavy (non-hydrogen) atoms. The van der Waals surface area contributed by atoms with Crippen LogP contribution in [0.5, 0.6) is 5.75 Å². The molecule has 0 saturated heterocycles. The summed E-state index contributed by atoms with van der Waals surface area (Å²) in [7, 11) is 1.63. The van der Waals surface area contributed by atoms with Crippen LogP contribution in [0, 0.1) is 19.7 Å². The van der Waals surface area contributed by atoms with Crippen molar-refractivity contribution < 1.29 is 14.2 Å². The zero-order valence-corrected chi connectivity index (χ0v) is 12.6. The lowest BCUT2D eigenvalue weighted by atomic mass is 10.0. The SMILES string of the molecule is COc1c(C)cnc(CC(O)Cc2cccc(F)c2)c1C. The number of ether oxygens (including phenoxy) is 1. The molecule has 1 N–H and O–H groups in total. The molecule has 1 aromatic heterocycles. The summed E-state index contributed by atoms with van der Waals surface area (Å²) in [6, 6.07) is 6.30. The van der Waals surface area contributed by atoms with Crippen LogP contribution in [0.15, 0.2) is 30.5 Å². The third-order valence-corrected chi connectivity index (χ3v) is 3.54. The molecule has 0 aliphatic carbocycles. The molecule has 1 aromatic carbocycles. The molecule has 0 fully saturated rings. The molecule has 3 nitrogen and oxygen atoms in total. The monoisotopic (exact) mass is 289 g/mol. The topological polar surface area (TPSA) is 42.4 Å². The Labute approximate surface area is 124 Å². The second kappa shape index (κ2) is 6.68. The first-order valence-electron chi connectivity index (χ1n) is 6.93. The maximum Gasteiger partial charge on any atom is 0.128 e. The van der Waals surface area contributed by atoms with Crippen molar-refractivity contribution in [1.29, 1.82) is 0 Å². The molecule has 112 valence electrons. The van der Waals surface area contributed by atoms with E-state index in [0.717, 1.165) is 28.1 Å². The average Bonchev–Trinajstić information content (AvgIpc) is 2.42. The molecule has 0 aliphatic rings. The molecule has 0 saturated carbocycles. The fourth-order valence-corrected chi connectivity index (χ4v) is 2.51. The summed E-state index contributed by atoms with van der Waals surface area (Å²) < 4.78 is 18.5. The van der Waals surface area contributed by atoms with Gasteiger partial charge in [-0.1, -0.05) is 12.1 Å². The van der Waals surface area contributed by atoms with Crippen molar-refractivity contribution in [3.8, 4) is 5.75 Å². The zero-order chi connectivity index (χ0) is 15.4. The van der Waals surface area contributed by atoms with E-state index in [1.54, 1.807) is 19.4 Å². The number of halogens is 1. The Bertz CT molecular complexity index is 628. The molecule has 0 spiro atoms. The Morgan fingerprint density at radius 2 is 2.05 bits per heavy atom. The number of hydrogen-bond acceptors (Lipinski definition) is 3. The minimum absolute atomic E-state index is 0.286. The number of pyridine rings is 1. The molecule has 1 atom stereocenters. The van der Waals surface area contributed by atoms with Crippen molar-refractivity contribution in [1.82, 2.24) is 4.98 Å². The lowest BCUT2D eigenvalue weighted by Gasteiger charge is -2.15. The summed E-state index contributed by atoms with van der Waals surface area (Å²) in [5.74, 6) is 0.518. The second-order valence-corrected chi connectivity index (χ2v) is 5.24. The predicted octanol–water partition coefficient (Wildman–Crippen LogP) is 2.99. The Balaban J connectivity index is 2.11. The number of aliphatic hydroxyl groups excluding tert-OH is 1. The highest BCUT2D eigenvalue weighted by atomic mass is 19.1. The zero-order valence-electron chi connectivity index (χ0n) is 12.6. The van der Waals surface area contributed by atoms with Gasteiger partial charge in [0, 0.05) is 29.4 Å². The van der Waals surface area contributed by atoms with Crippen molar-refractivity contribution >= 4 is 0 Å². The van der Waals surface area contributed by atoms with E-state index in [-0.39, 0.29) is 5.82 Å². The van der Waals surface area contributed by atoms with Crippen LogP contribution >= 0.6 is 0 Å². The first-order chi connectivity index (χ1) is 10.0. The Morgan fingerprint density at radius 1 is 1.29 bits per heavy atom. The summed E-state index contributed by atoms with van der Waals surface area (Å²) >= 11 is 0. The van der Waals surface area contributed by atoms with E-state index < -0.39 is 6.10 Å². The van der Waals surface area contributed by atoms with Gasteiger partial charge in [0.1, 0.15) is 11.6 Å². The largest absolute Gasteiger partial charge is 0.496 e. The van der Waals surface area contributed by atoms with E-state index in [0.29, 0.717) is 12.8 Å². The van der Waals surface area contributed by atoms with Crippen LogP contribution < -0.4 is 4.74 Å². The third kappa shape index (κ3) is 3.79. The molecule has 1 unspecified atom stereocenters. The lowest BCUT2D eigenvalue weighted by molar-refractivity contribution is 0.174. The fraction of sp³-hybridized carbons (Fsp3) is 0.353. The lowest BCUT2D eigenvalue weighted by Crippen LogP contribution is -2.16. The molecule has 0 aliphatic heterocycles. The number of hydrogen-bond donors (Lipinski definition) is 1. The Hall–Kier alpha value is -1.94. The normalized spacial score (nSPS) is 12.2. The van der Waals surface area contributed by atoms with Crippen molar-refractivity contribution in [2.24, 2.45) is 0 Å². The van der Waals surface area contributed by atoms with Crippen LogP contribution in [0.2, 0.25) is 0 Å². The number of methoxy groups -OCH3 is 1. The van der Waals surface area contributed by atoms with Gasteiger partial charge in [-0.05, 0) is 38.0 Å². The number of aryl methyl sites for hydroxylation is 1. The van der Waals surface area contributed by atoms with Crippen LogP contribution in [0.3, 0.4) is 0 Å². The summed E-state index contributed by atoms with van der Waals surface area (Å²) in [6.45, 7) is 3.87. The van der Waals surface area contributed by atoms with Gasteiger partial charge in [-0.15, -0.1) is 0 Å². The summed E-state index contributed by atoms with van der Waals surface area (Å²) in [5.41, 5.74) is 3.50. The van der Waals surface area contributed by atoms with Gasteiger partial charge in [-0.3, -0.25) is 4.98 Å². The molecule has 2 aromatic rings. The predicted molar refractivity (Wildman–Crippen MR) is 80.1 cm³/mol. The van der Waals surface area contributed by atoms with Crippen LogP contribution in [0.1, 0.15) is 22.4 Å². The van der Waals surface area contributed by atoms with Gasteiger partial charge in [0.15, 0.2) is 0 Å². The van der Waals surface area contributed by atoms with Gasteiger partial charge in [0.05, 0.1) is 13.2 Å². The molecule has 0 amide bonds. The smallest absolute Gasteiger partial charge is 0.128 e. The van der Waals surface area contributed by atoms with Crippen LogP contribution in [-0.2, 0) is 12.8 Å². The van der Waals surface area contributed by atoms with Crippen molar-refractivity contribution in [3.05, 3.63) is 58.7 Å². The van der Waals surface area contributed by atoms with Gasteiger partial charge in [-0.25, -0.2) is 4.39 Å². The maximum absolute atomic E-state index is 13.1. The fourth-order valence-electron chi connectivity index (χ4n) is 2.51. The highest BCUT2D eigenvalue weighted by Crippen LogP contribution is 2.25.